The number of rotatable bonds is 10. The number of nitrogens with two attached hydrogens (primary N) is 2. The zero-order valence-corrected chi connectivity index (χ0v) is 15.5. The third-order valence-electron chi connectivity index (χ3n) is 3.91. The van der Waals surface area contributed by atoms with E-state index in [4.69, 9.17) is 11.5 Å². The molecule has 0 spiro atoms. The average Bonchev–Trinajstić information content (AvgIpc) is 3.15. The fourth-order valence-electron chi connectivity index (χ4n) is 2.45. The number of hydrogen-bond donors (Lipinski definition) is 4. The number of carbonyl (C=O) groups is 2. The van der Waals surface area contributed by atoms with Gasteiger partial charge in [-0.25, -0.2) is 13.1 Å². The minimum absolute atomic E-state index is 0.0330. The third kappa shape index (κ3) is 5.91. The van der Waals surface area contributed by atoms with Crippen molar-refractivity contribution in [3.8, 4) is 0 Å². The molecule has 1 heterocycles. The van der Waals surface area contributed by atoms with E-state index in [0.717, 1.165) is 17.8 Å². The second-order valence-corrected chi connectivity index (χ2v) is 7.61. The van der Waals surface area contributed by atoms with Crippen molar-refractivity contribution in [2.45, 2.75) is 11.3 Å². The van der Waals surface area contributed by atoms with Crippen LogP contribution in [0.15, 0.2) is 47.5 Å². The molecule has 0 atom stereocenters. The molecule has 1 aromatic heterocycles. The van der Waals surface area contributed by atoms with Crippen molar-refractivity contribution < 1.29 is 18.0 Å². The predicted molar refractivity (Wildman–Crippen MR) is 100 cm³/mol. The van der Waals surface area contributed by atoms with Gasteiger partial charge >= 0.3 is 0 Å². The Balaban J connectivity index is 1.96. The molecule has 0 fully saturated rings. The maximum absolute atomic E-state index is 12.4. The molecule has 2 amide bonds. The van der Waals surface area contributed by atoms with Gasteiger partial charge in [-0.15, -0.1) is 0 Å². The zero-order chi connectivity index (χ0) is 19.9. The van der Waals surface area contributed by atoms with Crippen LogP contribution in [-0.4, -0.2) is 56.3 Å². The van der Waals surface area contributed by atoms with Gasteiger partial charge in [-0.3, -0.25) is 9.59 Å². The number of aromatic nitrogens is 1. The van der Waals surface area contributed by atoms with Crippen molar-refractivity contribution in [2.24, 2.45) is 11.5 Å². The van der Waals surface area contributed by atoms with Gasteiger partial charge in [0.15, 0.2) is 0 Å². The lowest BCUT2D eigenvalue weighted by molar-refractivity contribution is -0.129. The van der Waals surface area contributed by atoms with Gasteiger partial charge in [0.1, 0.15) is 10.6 Å². The van der Waals surface area contributed by atoms with Crippen molar-refractivity contribution in [2.75, 3.05) is 26.2 Å². The average molecular weight is 393 g/mol. The summed E-state index contributed by atoms with van der Waals surface area (Å²) in [6.07, 6.45) is 1.78. The summed E-state index contributed by atoms with van der Waals surface area (Å²) in [4.78, 5) is 27.3. The van der Waals surface area contributed by atoms with Crippen molar-refractivity contribution in [1.82, 2.24) is 14.6 Å². The first-order valence-corrected chi connectivity index (χ1v) is 9.81. The Bertz CT molecular complexity index is 880. The Labute approximate surface area is 157 Å². The van der Waals surface area contributed by atoms with Gasteiger partial charge in [-0.1, -0.05) is 30.3 Å². The number of benzene rings is 1. The lowest BCUT2D eigenvalue weighted by atomic mass is 10.1. The van der Waals surface area contributed by atoms with Crippen molar-refractivity contribution in [3.05, 3.63) is 53.9 Å². The number of nitrogens with zero attached hydrogens (tertiary/aromatic N) is 1. The van der Waals surface area contributed by atoms with Gasteiger partial charge in [-0.2, -0.15) is 0 Å². The molecule has 10 heteroatoms. The number of hydrogen-bond acceptors (Lipinski definition) is 5. The van der Waals surface area contributed by atoms with Gasteiger partial charge in [0.25, 0.3) is 5.91 Å². The van der Waals surface area contributed by atoms with Gasteiger partial charge in [0.05, 0.1) is 6.54 Å². The summed E-state index contributed by atoms with van der Waals surface area (Å²) in [5.74, 6) is -1.16. The Morgan fingerprint density at radius 3 is 2.44 bits per heavy atom. The molecule has 2 aromatic rings. The summed E-state index contributed by atoms with van der Waals surface area (Å²) in [5, 5.41) is 0. The van der Waals surface area contributed by atoms with Crippen LogP contribution in [0.1, 0.15) is 16.1 Å². The van der Waals surface area contributed by atoms with E-state index in [1.165, 1.54) is 4.90 Å². The monoisotopic (exact) mass is 393 g/mol. The molecule has 2 rings (SSSR count). The second kappa shape index (κ2) is 9.31. The van der Waals surface area contributed by atoms with E-state index in [1.54, 1.807) is 0 Å². The van der Waals surface area contributed by atoms with E-state index in [0.29, 0.717) is 19.5 Å². The molecule has 0 aliphatic rings. The number of sulfonamides is 1. The third-order valence-corrected chi connectivity index (χ3v) is 5.29. The van der Waals surface area contributed by atoms with E-state index in [9.17, 15) is 18.0 Å². The van der Waals surface area contributed by atoms with Crippen LogP contribution >= 0.6 is 0 Å². The summed E-state index contributed by atoms with van der Waals surface area (Å²) < 4.78 is 26.7. The Hall–Kier alpha value is -2.69. The van der Waals surface area contributed by atoms with Crippen LogP contribution in [0.2, 0.25) is 0 Å². The summed E-state index contributed by atoms with van der Waals surface area (Å²) in [5.41, 5.74) is 11.7. The zero-order valence-electron chi connectivity index (χ0n) is 14.7. The quantitative estimate of drug-likeness (QED) is 0.426. The smallest absolute Gasteiger partial charge is 0.265 e. The highest BCUT2D eigenvalue weighted by atomic mass is 32.2. The van der Waals surface area contributed by atoms with Gasteiger partial charge in [0, 0.05) is 25.8 Å². The predicted octanol–water partition coefficient (Wildman–Crippen LogP) is -0.578. The van der Waals surface area contributed by atoms with Crippen LogP contribution in [-0.2, 0) is 21.2 Å². The first-order valence-electron chi connectivity index (χ1n) is 8.33. The van der Waals surface area contributed by atoms with Gasteiger partial charge in [-0.05, 0) is 18.1 Å². The van der Waals surface area contributed by atoms with Crippen LogP contribution in [0, 0.1) is 0 Å². The van der Waals surface area contributed by atoms with Gasteiger partial charge in [0.2, 0.25) is 15.9 Å². The fraction of sp³-hybridized carbons (Fsp3) is 0.294. The Kier molecular flexibility index (Phi) is 7.11. The van der Waals surface area contributed by atoms with Crippen molar-refractivity contribution in [3.63, 3.8) is 0 Å². The molecule has 6 N–H and O–H groups in total. The van der Waals surface area contributed by atoms with Gasteiger partial charge < -0.3 is 21.4 Å². The standard InChI is InChI=1S/C17H23N5O4S/c18-7-9-22(8-6-13-4-2-1-3-5-13)16(23)12-21-27(25,26)14-10-15(17(19)24)20-11-14/h1-5,10-11,20-21H,6-9,12,18H2,(H2,19,24). The molecule has 146 valence electrons. The first-order chi connectivity index (χ1) is 12.8. The molecule has 1 aromatic carbocycles. The number of H-pyrrole nitrogens is 1. The largest absolute Gasteiger partial charge is 0.364 e. The second-order valence-electron chi connectivity index (χ2n) is 5.84. The summed E-state index contributed by atoms with van der Waals surface area (Å²) >= 11 is 0. The van der Waals surface area contributed by atoms with Crippen LogP contribution in [0.25, 0.3) is 0 Å². The number of carbonyl (C=O) groups excluding carboxylic acids is 2. The molecule has 0 saturated heterocycles. The Morgan fingerprint density at radius 2 is 1.85 bits per heavy atom. The lowest BCUT2D eigenvalue weighted by Gasteiger charge is -2.22. The molecule has 0 bridgehead atoms. The maximum Gasteiger partial charge on any atom is 0.265 e. The maximum atomic E-state index is 12.4. The molecule has 0 unspecified atom stereocenters. The topological polar surface area (TPSA) is 151 Å². The normalized spacial score (nSPS) is 11.3. The van der Waals surface area contributed by atoms with E-state index in [1.807, 2.05) is 30.3 Å². The number of amides is 2. The highest BCUT2D eigenvalue weighted by Crippen LogP contribution is 2.10. The van der Waals surface area contributed by atoms with Crippen LogP contribution in [0.5, 0.6) is 0 Å². The number of aromatic amines is 1. The Morgan fingerprint density at radius 1 is 1.15 bits per heavy atom. The molecule has 9 nitrogen and oxygen atoms in total. The summed E-state index contributed by atoms with van der Waals surface area (Å²) in [7, 11) is -3.95. The van der Waals surface area contributed by atoms with Crippen LogP contribution in [0.3, 0.4) is 0 Å². The molecular weight excluding hydrogens is 370 g/mol. The van der Waals surface area contributed by atoms with Crippen LogP contribution in [0.4, 0.5) is 0 Å². The first kappa shape index (κ1) is 20.6. The molecular formula is C17H23N5O4S. The van der Waals surface area contributed by atoms with E-state index in [-0.39, 0.29) is 23.0 Å². The molecule has 0 aliphatic carbocycles. The number of nitrogens with one attached hydrogen (secondary N) is 2. The number of primary amides is 1. The highest BCUT2D eigenvalue weighted by Gasteiger charge is 2.20. The molecule has 0 radical (unpaired) electrons. The SMILES string of the molecule is NCCN(CCc1ccccc1)C(=O)CNS(=O)(=O)c1c[nH]c(C(N)=O)c1. The van der Waals surface area contributed by atoms with Crippen molar-refractivity contribution >= 4 is 21.8 Å². The minimum Gasteiger partial charge on any atom is -0.364 e. The fourth-order valence-corrected chi connectivity index (χ4v) is 3.42. The summed E-state index contributed by atoms with van der Waals surface area (Å²) in [6, 6.07) is 10.8. The molecule has 0 aliphatic heterocycles. The van der Waals surface area contributed by atoms with Crippen molar-refractivity contribution in [1.29, 1.82) is 0 Å². The van der Waals surface area contributed by atoms with E-state index < -0.39 is 22.5 Å². The lowest BCUT2D eigenvalue weighted by Crippen LogP contribution is -2.43. The molecule has 27 heavy (non-hydrogen) atoms. The van der Waals surface area contributed by atoms with E-state index in [2.05, 4.69) is 9.71 Å². The van der Waals surface area contributed by atoms with Crippen LogP contribution < -0.4 is 16.2 Å². The molecule has 0 saturated carbocycles. The van der Waals surface area contributed by atoms with E-state index >= 15 is 0 Å². The summed E-state index contributed by atoms with van der Waals surface area (Å²) in [6.45, 7) is 0.613. The highest BCUT2D eigenvalue weighted by molar-refractivity contribution is 7.89. The minimum atomic E-state index is -3.95.